The SMILES string of the molecule is CC(=O)O.CC(=O)O.CC(=O)O.CC(=O)O.CC(=O)O.NCCNCCN.[Ba+2].[H-].[H-].[H-].[H-].[H-].[K+].[K+].[K+]. The summed E-state index contributed by atoms with van der Waals surface area (Å²) in [6.45, 7) is 8.55. The zero-order chi connectivity index (χ0) is 23.4. The Morgan fingerprint density at radius 1 is 0.581 bits per heavy atom. The molecule has 0 rings (SSSR count). The summed E-state index contributed by atoms with van der Waals surface area (Å²) in [6.07, 6.45) is 0. The summed E-state index contributed by atoms with van der Waals surface area (Å²) >= 11 is 0. The molecule has 0 aromatic rings. The molecule has 31 heavy (non-hydrogen) atoms. The zero-order valence-corrected chi connectivity index (χ0v) is 33.8. The number of aliphatic carboxylic acids is 5. The van der Waals surface area contributed by atoms with Crippen LogP contribution in [0.15, 0.2) is 0 Å². The number of nitrogens with one attached hydrogen (secondary N) is 1. The molecule has 13 nitrogen and oxygen atoms in total. The molecule has 0 aliphatic carbocycles. The number of rotatable bonds is 4. The van der Waals surface area contributed by atoms with Crippen LogP contribution in [0.2, 0.25) is 0 Å². The van der Waals surface area contributed by atoms with Crippen molar-refractivity contribution in [2.75, 3.05) is 26.2 Å². The fourth-order valence-electron chi connectivity index (χ4n) is 0.329. The fourth-order valence-corrected chi connectivity index (χ4v) is 0.329. The minimum Gasteiger partial charge on any atom is -1.00 e. The minimum atomic E-state index is -0.833. The van der Waals surface area contributed by atoms with Gasteiger partial charge in [-0.3, -0.25) is 24.0 Å². The third-order valence-electron chi connectivity index (χ3n) is 0.642. The fraction of sp³-hybridized carbons (Fsp3) is 0.643. The van der Waals surface area contributed by atoms with Gasteiger partial charge in [-0.25, -0.2) is 0 Å². The second-order valence-corrected chi connectivity index (χ2v) is 3.92. The molecule has 0 bridgehead atoms. The van der Waals surface area contributed by atoms with Crippen molar-refractivity contribution in [2.24, 2.45) is 11.5 Å². The number of carboxylic acids is 5. The number of carboxylic acid groups (broad SMARTS) is 5. The van der Waals surface area contributed by atoms with E-state index >= 15 is 0 Å². The average molecular weight is 663 g/mol. The van der Waals surface area contributed by atoms with Crippen LogP contribution in [-0.2, 0) is 24.0 Å². The van der Waals surface area contributed by atoms with Crippen molar-refractivity contribution in [3.05, 3.63) is 0 Å². The van der Waals surface area contributed by atoms with E-state index in [0.717, 1.165) is 47.7 Å². The van der Waals surface area contributed by atoms with Crippen LogP contribution in [0.3, 0.4) is 0 Å². The van der Waals surface area contributed by atoms with Crippen molar-refractivity contribution in [2.45, 2.75) is 34.6 Å². The molecule has 0 heterocycles. The molecule has 10 N–H and O–H groups in total. The van der Waals surface area contributed by atoms with Gasteiger partial charge in [0.15, 0.2) is 0 Å². The Balaban J connectivity index is -0.0000000109. The molecule has 0 atom stereocenters. The molecule has 0 saturated carbocycles. The van der Waals surface area contributed by atoms with Gasteiger partial charge in [0.2, 0.25) is 0 Å². The van der Waals surface area contributed by atoms with Gasteiger partial charge in [-0.15, -0.1) is 0 Å². The zero-order valence-electron chi connectivity index (χ0n) is 25.0. The van der Waals surface area contributed by atoms with Crippen LogP contribution in [-0.4, -0.2) is 130 Å². The first kappa shape index (κ1) is 64.6. The molecule has 0 fully saturated rings. The maximum absolute atomic E-state index is 9.00. The standard InChI is InChI=1S/C4H13N3.5C2H4O2.Ba.3K.5H/c5-1-3-7-4-2-6;5*1-2(3)4;;;;;;;;;/h7H,1-6H2;5*1H3,(H,3,4);;;;;;;;;/q;;;;;;+2;3*+1;5*-1. The summed E-state index contributed by atoms with van der Waals surface area (Å²) in [5.41, 5.74) is 10.3. The molecule has 0 unspecified atom stereocenters. The van der Waals surface area contributed by atoms with Gasteiger partial charge in [-0.1, -0.05) is 0 Å². The minimum absolute atomic E-state index is 0. The monoisotopic (exact) mass is 663 g/mol. The van der Waals surface area contributed by atoms with E-state index in [2.05, 4.69) is 5.32 Å². The summed E-state index contributed by atoms with van der Waals surface area (Å²) in [6, 6.07) is 0. The Bertz CT molecular complexity index is 324. The van der Waals surface area contributed by atoms with Crippen molar-refractivity contribution in [3.8, 4) is 0 Å². The Labute approximate surface area is 358 Å². The second kappa shape index (κ2) is 64.2. The number of nitrogens with two attached hydrogens (primary N) is 2. The summed E-state index contributed by atoms with van der Waals surface area (Å²) in [4.78, 5) is 45.0. The number of carbonyl (C=O) groups is 5. The van der Waals surface area contributed by atoms with Gasteiger partial charge in [-0.05, 0) is 0 Å². The third-order valence-corrected chi connectivity index (χ3v) is 0.642. The summed E-state index contributed by atoms with van der Waals surface area (Å²) in [5.74, 6) is -4.17. The van der Waals surface area contributed by atoms with Gasteiger partial charge in [0.25, 0.3) is 29.8 Å². The molecule has 0 amide bonds. The van der Waals surface area contributed by atoms with E-state index in [1.165, 1.54) is 0 Å². The number of hydrogen-bond acceptors (Lipinski definition) is 8. The molecular formula is C14H38BaK3N3O10. The smallest absolute Gasteiger partial charge is 1.00 e. The van der Waals surface area contributed by atoms with Gasteiger partial charge >= 0.3 is 203 Å². The molecule has 0 spiro atoms. The van der Waals surface area contributed by atoms with Crippen molar-refractivity contribution >= 4 is 78.7 Å². The second-order valence-electron chi connectivity index (χ2n) is 3.92. The van der Waals surface area contributed by atoms with Crippen LogP contribution in [0.1, 0.15) is 41.8 Å². The average Bonchev–Trinajstić information content (AvgIpc) is 2.35. The quantitative estimate of drug-likeness (QED) is 0.103. The van der Waals surface area contributed by atoms with Crippen LogP contribution in [0.4, 0.5) is 0 Å². The van der Waals surface area contributed by atoms with Gasteiger partial charge in [-0.2, -0.15) is 0 Å². The van der Waals surface area contributed by atoms with E-state index < -0.39 is 29.8 Å². The van der Waals surface area contributed by atoms with Gasteiger partial charge < -0.3 is 49.4 Å². The molecule has 0 aromatic carbocycles. The van der Waals surface area contributed by atoms with E-state index in [0.29, 0.717) is 13.1 Å². The summed E-state index contributed by atoms with van der Waals surface area (Å²) in [7, 11) is 0. The normalized spacial score (nSPS) is 6.16. The van der Waals surface area contributed by atoms with E-state index in [9.17, 15) is 0 Å². The van der Waals surface area contributed by atoms with E-state index in [1.807, 2.05) is 0 Å². The molecule has 0 aliphatic rings. The Hall–Kier alpha value is 3.71. The van der Waals surface area contributed by atoms with E-state index in [1.54, 1.807) is 0 Å². The molecule has 0 radical (unpaired) electrons. The molecule has 0 saturated heterocycles. The largest absolute Gasteiger partial charge is 2.00 e. The van der Waals surface area contributed by atoms with Crippen LogP contribution in [0.5, 0.6) is 0 Å². The Morgan fingerprint density at radius 2 is 0.677 bits per heavy atom. The van der Waals surface area contributed by atoms with E-state index in [-0.39, 0.29) is 210 Å². The predicted molar refractivity (Wildman–Crippen MR) is 109 cm³/mol. The third kappa shape index (κ3) is 570. The first-order valence-corrected chi connectivity index (χ1v) is 7.16. The number of hydrogen-bond donors (Lipinski definition) is 8. The van der Waals surface area contributed by atoms with E-state index in [4.69, 9.17) is 61.0 Å². The van der Waals surface area contributed by atoms with Crippen molar-refractivity contribution in [1.29, 1.82) is 0 Å². The maximum Gasteiger partial charge on any atom is 2.00 e. The Kier molecular flexibility index (Phi) is 134. The van der Waals surface area contributed by atoms with Crippen molar-refractivity contribution in [3.63, 3.8) is 0 Å². The maximum atomic E-state index is 9.00. The predicted octanol–water partition coefficient (Wildman–Crippen LogP) is -9.86. The van der Waals surface area contributed by atoms with Crippen molar-refractivity contribution in [1.82, 2.24) is 5.32 Å². The molecule has 174 valence electrons. The summed E-state index contributed by atoms with van der Waals surface area (Å²) < 4.78 is 0. The van der Waals surface area contributed by atoms with Crippen LogP contribution >= 0.6 is 0 Å². The first-order chi connectivity index (χ1) is 12.1. The molecule has 0 aliphatic heterocycles. The Morgan fingerprint density at radius 3 is 0.742 bits per heavy atom. The summed E-state index contributed by atoms with van der Waals surface area (Å²) in [5, 5.41) is 40.1. The molecule has 0 aromatic heterocycles. The van der Waals surface area contributed by atoms with Gasteiger partial charge in [0.05, 0.1) is 0 Å². The first-order valence-electron chi connectivity index (χ1n) is 7.16. The molecule has 17 heteroatoms. The topological polar surface area (TPSA) is 251 Å². The van der Waals surface area contributed by atoms with Crippen LogP contribution in [0, 0.1) is 0 Å². The van der Waals surface area contributed by atoms with Crippen LogP contribution < -0.4 is 171 Å². The van der Waals surface area contributed by atoms with Crippen LogP contribution in [0.25, 0.3) is 0 Å². The van der Waals surface area contributed by atoms with Gasteiger partial charge in [0, 0.05) is 60.8 Å². The molecular weight excluding hydrogens is 625 g/mol. The van der Waals surface area contributed by atoms with Crippen molar-refractivity contribution < 1.29 is 211 Å². The van der Waals surface area contributed by atoms with Gasteiger partial charge in [0.1, 0.15) is 0 Å².